The van der Waals surface area contributed by atoms with Gasteiger partial charge in [-0.2, -0.15) is 0 Å². The fourth-order valence-electron chi connectivity index (χ4n) is 12.3. The molecule has 0 saturated heterocycles. The van der Waals surface area contributed by atoms with Crippen LogP contribution >= 0.6 is 0 Å². The van der Waals surface area contributed by atoms with Crippen molar-refractivity contribution < 1.29 is 0 Å². The zero-order chi connectivity index (χ0) is 52.7. The van der Waals surface area contributed by atoms with E-state index in [1.165, 1.54) is 95.4 Å². The van der Waals surface area contributed by atoms with Crippen LogP contribution in [-0.2, 0) is 32.5 Å². The van der Waals surface area contributed by atoms with Gasteiger partial charge in [-0.05, 0) is 179 Å². The molecule has 0 spiro atoms. The van der Waals surface area contributed by atoms with Crippen molar-refractivity contribution in [2.24, 2.45) is 0 Å². The Labute approximate surface area is 444 Å². The molecule has 0 saturated carbocycles. The van der Waals surface area contributed by atoms with E-state index in [1.54, 1.807) is 0 Å². The first-order chi connectivity index (χ1) is 34.7. The van der Waals surface area contributed by atoms with Gasteiger partial charge in [0.2, 0.25) is 0 Å². The number of nitrogens with zero attached hydrogens (tertiary/aromatic N) is 3. The highest BCUT2D eigenvalue weighted by Crippen LogP contribution is 2.52. The molecule has 8 aromatic rings. The standard InChI is InChI=1S/C70H78BN3/c1-65(2,3)47-22-29-51(30-23-47)73-60-35-26-49(67(7,8)9)40-58(60)71-59-41-50(68(10,11)12)27-36-61(59)74(52-31-24-48(25-32-52)66(4,5)6)63-44-55(43-62(73)64(63)71)72(53-28-21-45-19-17-18-20-46(45)39-53)54-33-34-56-57(42-54)70(15,16)38-37-69(56,13)14/h17-36,39-44H,37-38H2,1-16H3. The van der Waals surface area contributed by atoms with E-state index < -0.39 is 0 Å². The van der Waals surface area contributed by atoms with Crippen molar-refractivity contribution in [1.29, 1.82) is 0 Å². The molecule has 3 aliphatic rings. The Morgan fingerprint density at radius 2 is 0.797 bits per heavy atom. The molecule has 0 bridgehead atoms. The molecule has 3 nitrogen and oxygen atoms in total. The zero-order valence-electron chi connectivity index (χ0n) is 47.3. The summed E-state index contributed by atoms with van der Waals surface area (Å²) in [5.74, 6) is 0. The van der Waals surface area contributed by atoms with Gasteiger partial charge in [0.1, 0.15) is 0 Å². The normalized spacial score (nSPS) is 15.9. The minimum atomic E-state index is -0.0498. The van der Waals surface area contributed by atoms with Crippen molar-refractivity contribution in [3.63, 3.8) is 0 Å². The van der Waals surface area contributed by atoms with E-state index in [4.69, 9.17) is 0 Å². The second-order valence-corrected chi connectivity index (χ2v) is 27.5. The van der Waals surface area contributed by atoms with Gasteiger partial charge >= 0.3 is 0 Å². The van der Waals surface area contributed by atoms with Crippen molar-refractivity contribution in [3.8, 4) is 0 Å². The van der Waals surface area contributed by atoms with Gasteiger partial charge in [-0.3, -0.25) is 0 Å². The van der Waals surface area contributed by atoms with E-state index in [9.17, 15) is 0 Å². The lowest BCUT2D eigenvalue weighted by Gasteiger charge is -2.46. The predicted octanol–water partition coefficient (Wildman–Crippen LogP) is 17.9. The summed E-state index contributed by atoms with van der Waals surface area (Å²) in [6.07, 6.45) is 2.32. The molecule has 4 heteroatoms. The highest BCUT2D eigenvalue weighted by molar-refractivity contribution is 7.00. The minimum absolute atomic E-state index is 0.0145. The van der Waals surface area contributed by atoms with Crippen LogP contribution in [0.5, 0.6) is 0 Å². The summed E-state index contributed by atoms with van der Waals surface area (Å²) in [4.78, 5) is 7.77. The summed E-state index contributed by atoms with van der Waals surface area (Å²) < 4.78 is 0. The zero-order valence-corrected chi connectivity index (χ0v) is 47.3. The molecule has 376 valence electrons. The molecule has 8 aromatic carbocycles. The molecule has 74 heavy (non-hydrogen) atoms. The molecule has 0 unspecified atom stereocenters. The molecule has 0 N–H and O–H groups in total. The molecule has 1 aliphatic carbocycles. The highest BCUT2D eigenvalue weighted by atomic mass is 15.2. The van der Waals surface area contributed by atoms with Gasteiger partial charge in [0.25, 0.3) is 6.71 Å². The number of anilines is 9. The van der Waals surface area contributed by atoms with Crippen LogP contribution in [0.15, 0.2) is 158 Å². The number of hydrogen-bond donors (Lipinski definition) is 0. The van der Waals surface area contributed by atoms with Gasteiger partial charge in [0, 0.05) is 45.5 Å². The Kier molecular flexibility index (Phi) is 11.4. The maximum Gasteiger partial charge on any atom is 0.252 e. The largest absolute Gasteiger partial charge is 0.311 e. The molecule has 0 atom stereocenters. The van der Waals surface area contributed by atoms with Crippen LogP contribution in [0.4, 0.5) is 51.2 Å². The summed E-state index contributed by atoms with van der Waals surface area (Å²) >= 11 is 0. The maximum absolute atomic E-state index is 2.60. The van der Waals surface area contributed by atoms with Crippen LogP contribution in [-0.4, -0.2) is 6.71 Å². The predicted molar refractivity (Wildman–Crippen MR) is 323 cm³/mol. The van der Waals surface area contributed by atoms with Gasteiger partial charge in [-0.15, -0.1) is 0 Å². The van der Waals surface area contributed by atoms with E-state index in [0.717, 1.165) is 29.2 Å². The molecular formula is C70H78BN3. The monoisotopic (exact) mass is 972 g/mol. The van der Waals surface area contributed by atoms with E-state index in [2.05, 4.69) is 283 Å². The summed E-state index contributed by atoms with van der Waals surface area (Å²) in [5, 5.41) is 2.46. The topological polar surface area (TPSA) is 9.72 Å². The van der Waals surface area contributed by atoms with Crippen LogP contribution in [0, 0.1) is 0 Å². The maximum atomic E-state index is 2.60. The Hall–Kier alpha value is -6.52. The quantitative estimate of drug-likeness (QED) is 0.159. The van der Waals surface area contributed by atoms with Gasteiger partial charge in [0.05, 0.1) is 5.69 Å². The van der Waals surface area contributed by atoms with Crippen molar-refractivity contribution in [3.05, 3.63) is 191 Å². The molecular weight excluding hydrogens is 894 g/mol. The lowest BCUT2D eigenvalue weighted by molar-refractivity contribution is 0.332. The Morgan fingerprint density at radius 3 is 1.27 bits per heavy atom. The summed E-state index contributed by atoms with van der Waals surface area (Å²) in [6, 6.07) is 61.9. The summed E-state index contributed by atoms with van der Waals surface area (Å²) in [7, 11) is 0. The van der Waals surface area contributed by atoms with Crippen molar-refractivity contribution >= 4 is 85.1 Å². The number of rotatable bonds is 5. The molecule has 2 heterocycles. The van der Waals surface area contributed by atoms with Crippen molar-refractivity contribution in [1.82, 2.24) is 0 Å². The Morgan fingerprint density at radius 1 is 0.378 bits per heavy atom. The Balaban J connectivity index is 1.28. The minimum Gasteiger partial charge on any atom is -0.311 e. The van der Waals surface area contributed by atoms with E-state index >= 15 is 0 Å². The molecule has 0 aromatic heterocycles. The number of fused-ring (bicyclic) bond motifs is 6. The summed E-state index contributed by atoms with van der Waals surface area (Å²) in [6.45, 7) is 37.7. The highest BCUT2D eigenvalue weighted by Gasteiger charge is 2.45. The van der Waals surface area contributed by atoms with Gasteiger partial charge < -0.3 is 14.7 Å². The molecule has 0 radical (unpaired) electrons. The second-order valence-electron chi connectivity index (χ2n) is 27.5. The lowest BCUT2D eigenvalue weighted by Crippen LogP contribution is -2.61. The second kappa shape index (κ2) is 17.0. The molecule has 2 aliphatic heterocycles. The van der Waals surface area contributed by atoms with Crippen LogP contribution in [0.1, 0.15) is 157 Å². The van der Waals surface area contributed by atoms with Crippen LogP contribution in [0.25, 0.3) is 10.8 Å². The third-order valence-electron chi connectivity index (χ3n) is 17.1. The third kappa shape index (κ3) is 8.45. The van der Waals surface area contributed by atoms with Crippen LogP contribution < -0.4 is 31.1 Å². The van der Waals surface area contributed by atoms with Crippen LogP contribution in [0.3, 0.4) is 0 Å². The molecule has 11 rings (SSSR count). The Bertz CT molecular complexity index is 3340. The van der Waals surface area contributed by atoms with Gasteiger partial charge in [0.15, 0.2) is 0 Å². The molecule has 0 amide bonds. The van der Waals surface area contributed by atoms with Crippen molar-refractivity contribution in [2.45, 2.75) is 156 Å². The number of benzene rings is 8. The van der Waals surface area contributed by atoms with E-state index in [0.29, 0.717) is 0 Å². The average molecular weight is 972 g/mol. The average Bonchev–Trinajstić information content (AvgIpc) is 3.38. The first-order valence-corrected chi connectivity index (χ1v) is 27.4. The van der Waals surface area contributed by atoms with Gasteiger partial charge in [-0.1, -0.05) is 196 Å². The fourth-order valence-corrected chi connectivity index (χ4v) is 12.3. The fraction of sp³-hybridized carbons (Fsp3) is 0.343. The van der Waals surface area contributed by atoms with Crippen molar-refractivity contribution in [2.75, 3.05) is 14.7 Å². The van der Waals surface area contributed by atoms with Crippen LogP contribution in [0.2, 0.25) is 0 Å². The lowest BCUT2D eigenvalue weighted by atomic mass is 9.33. The third-order valence-corrected chi connectivity index (χ3v) is 17.1. The molecule has 0 fully saturated rings. The smallest absolute Gasteiger partial charge is 0.252 e. The first kappa shape index (κ1) is 49.7. The van der Waals surface area contributed by atoms with E-state index in [1.807, 2.05) is 0 Å². The SMILES string of the molecule is CC(C)(C)c1ccc(N2c3ccc(C(C)(C)C)cc3B3c4cc(C(C)(C)C)ccc4N(c4ccc(C(C)(C)C)cc4)c4cc(N(c5ccc6c(c5)C(C)(C)CCC6(C)C)c5ccc6ccccc6c5)cc2c43)cc1. The summed E-state index contributed by atoms with van der Waals surface area (Å²) in [5.41, 5.74) is 22.9. The van der Waals surface area contributed by atoms with E-state index in [-0.39, 0.29) is 39.2 Å². The first-order valence-electron chi connectivity index (χ1n) is 27.4. The number of hydrogen-bond acceptors (Lipinski definition) is 3. The van der Waals surface area contributed by atoms with Gasteiger partial charge in [-0.25, -0.2) is 0 Å².